The summed E-state index contributed by atoms with van der Waals surface area (Å²) in [6, 6.07) is 7.18. The van der Waals surface area contributed by atoms with Crippen LogP contribution in [0.15, 0.2) is 39.5 Å². The normalized spacial score (nSPS) is 10.3. The summed E-state index contributed by atoms with van der Waals surface area (Å²) in [6.45, 7) is 1.79. The van der Waals surface area contributed by atoms with Gasteiger partial charge in [-0.1, -0.05) is 11.6 Å². The van der Waals surface area contributed by atoms with E-state index in [0.29, 0.717) is 10.6 Å². The molecule has 2 rings (SSSR count). The molecule has 0 unspecified atom stereocenters. The highest BCUT2D eigenvalue weighted by Gasteiger charge is 2.18. The van der Waals surface area contributed by atoms with E-state index in [1.165, 1.54) is 0 Å². The number of carbonyl (C=O) groups is 1. The van der Waals surface area contributed by atoms with E-state index in [1.54, 1.807) is 31.2 Å². The van der Waals surface area contributed by atoms with Gasteiger partial charge < -0.3 is 14.3 Å². The van der Waals surface area contributed by atoms with E-state index in [-0.39, 0.29) is 18.1 Å². The Labute approximate surface area is 119 Å². The second-order valence-corrected chi connectivity index (χ2v) is 4.32. The van der Waals surface area contributed by atoms with Crippen molar-refractivity contribution in [3.05, 3.63) is 51.3 Å². The zero-order valence-corrected chi connectivity index (χ0v) is 11.3. The summed E-state index contributed by atoms with van der Waals surface area (Å²) >= 11 is 5.76. The van der Waals surface area contributed by atoms with Gasteiger partial charge in [-0.25, -0.2) is 4.79 Å². The van der Waals surface area contributed by atoms with Crippen molar-refractivity contribution in [1.82, 2.24) is 0 Å². The predicted molar refractivity (Wildman–Crippen MR) is 73.0 cm³/mol. The van der Waals surface area contributed by atoms with Crippen LogP contribution in [0.5, 0.6) is 5.75 Å². The fraction of sp³-hybridized carbons (Fsp3) is 0.143. The second kappa shape index (κ2) is 5.79. The molecule has 1 N–H and O–H groups in total. The number of esters is 1. The molecule has 0 aliphatic rings. The van der Waals surface area contributed by atoms with Gasteiger partial charge in [0.15, 0.2) is 5.76 Å². The molecule has 0 bridgehead atoms. The molecule has 0 aliphatic heterocycles. The van der Waals surface area contributed by atoms with Gasteiger partial charge in [-0.05, 0) is 31.2 Å². The van der Waals surface area contributed by atoms with Crippen LogP contribution < -0.4 is 5.43 Å². The Morgan fingerprint density at radius 1 is 1.35 bits per heavy atom. The van der Waals surface area contributed by atoms with Crippen molar-refractivity contribution in [2.75, 3.05) is 6.61 Å². The first kappa shape index (κ1) is 14.1. The molecule has 0 amide bonds. The molecule has 1 aromatic carbocycles. The molecular weight excluding hydrogens is 284 g/mol. The fourth-order valence-electron chi connectivity index (χ4n) is 1.59. The molecule has 104 valence electrons. The molecule has 2 aromatic rings. The van der Waals surface area contributed by atoms with E-state index < -0.39 is 17.1 Å². The maximum absolute atomic E-state index is 11.7. The first-order chi connectivity index (χ1) is 9.52. The number of hydrogen-bond donors (Lipinski definition) is 1. The van der Waals surface area contributed by atoms with Crippen molar-refractivity contribution >= 4 is 17.6 Å². The first-order valence-corrected chi connectivity index (χ1v) is 6.21. The number of rotatable bonds is 3. The molecule has 0 fully saturated rings. The third-order valence-corrected chi connectivity index (χ3v) is 2.76. The summed E-state index contributed by atoms with van der Waals surface area (Å²) in [4.78, 5) is 23.3. The molecule has 6 heteroatoms. The summed E-state index contributed by atoms with van der Waals surface area (Å²) in [5.41, 5.74) is -0.292. The Morgan fingerprint density at radius 3 is 2.60 bits per heavy atom. The predicted octanol–water partition coefficient (Wildman–Crippen LogP) is 2.84. The van der Waals surface area contributed by atoms with Gasteiger partial charge in [-0.15, -0.1) is 0 Å². The molecular formula is C14H11ClO5. The summed E-state index contributed by atoms with van der Waals surface area (Å²) in [5.74, 6) is -1.70. The number of carbonyl (C=O) groups excluding carboxylic acids is 1. The number of aromatic hydroxyl groups is 1. The van der Waals surface area contributed by atoms with E-state index >= 15 is 0 Å². The molecule has 1 heterocycles. The average molecular weight is 295 g/mol. The Morgan fingerprint density at radius 2 is 2.00 bits per heavy atom. The Bertz CT molecular complexity index is 688. The minimum Gasteiger partial charge on any atom is -0.502 e. The molecule has 5 nitrogen and oxygen atoms in total. The molecule has 0 radical (unpaired) electrons. The van der Waals surface area contributed by atoms with Crippen LogP contribution in [0.25, 0.3) is 11.3 Å². The van der Waals surface area contributed by atoms with E-state index in [0.717, 1.165) is 6.07 Å². The summed E-state index contributed by atoms with van der Waals surface area (Å²) in [5, 5.41) is 10.3. The van der Waals surface area contributed by atoms with Crippen LogP contribution in [-0.4, -0.2) is 17.7 Å². The lowest BCUT2D eigenvalue weighted by atomic mass is 10.1. The van der Waals surface area contributed by atoms with Crippen molar-refractivity contribution in [1.29, 1.82) is 0 Å². The summed E-state index contributed by atoms with van der Waals surface area (Å²) in [7, 11) is 0. The monoisotopic (exact) mass is 294 g/mol. The maximum Gasteiger partial charge on any atom is 0.374 e. The van der Waals surface area contributed by atoms with Gasteiger partial charge in [-0.2, -0.15) is 0 Å². The van der Waals surface area contributed by atoms with Gasteiger partial charge in [0.05, 0.1) is 6.61 Å². The van der Waals surface area contributed by atoms with Crippen LogP contribution >= 0.6 is 11.6 Å². The van der Waals surface area contributed by atoms with Crippen molar-refractivity contribution in [3.63, 3.8) is 0 Å². The Kier molecular flexibility index (Phi) is 4.10. The minimum absolute atomic E-state index is 0.0998. The topological polar surface area (TPSA) is 76.7 Å². The minimum atomic E-state index is -0.764. The number of hydrogen-bond acceptors (Lipinski definition) is 5. The molecule has 1 aromatic heterocycles. The number of benzene rings is 1. The smallest absolute Gasteiger partial charge is 0.374 e. The van der Waals surface area contributed by atoms with Crippen LogP contribution in [-0.2, 0) is 4.74 Å². The molecule has 0 atom stereocenters. The fourth-order valence-corrected chi connectivity index (χ4v) is 1.71. The number of halogens is 1. The van der Waals surface area contributed by atoms with Crippen molar-refractivity contribution < 1.29 is 19.1 Å². The van der Waals surface area contributed by atoms with Gasteiger partial charge in [0.25, 0.3) is 0 Å². The van der Waals surface area contributed by atoms with Crippen LogP contribution in [0.2, 0.25) is 5.02 Å². The lowest BCUT2D eigenvalue weighted by Gasteiger charge is -2.06. The third-order valence-electron chi connectivity index (χ3n) is 2.51. The van der Waals surface area contributed by atoms with Gasteiger partial charge in [0.1, 0.15) is 0 Å². The quantitative estimate of drug-likeness (QED) is 0.881. The van der Waals surface area contributed by atoms with Crippen molar-refractivity contribution in [2.24, 2.45) is 0 Å². The zero-order valence-electron chi connectivity index (χ0n) is 10.6. The highest BCUT2D eigenvalue weighted by atomic mass is 35.5. The van der Waals surface area contributed by atoms with E-state index in [9.17, 15) is 14.7 Å². The van der Waals surface area contributed by atoms with E-state index in [4.69, 9.17) is 20.8 Å². The first-order valence-electron chi connectivity index (χ1n) is 5.83. The highest BCUT2D eigenvalue weighted by Crippen LogP contribution is 2.28. The van der Waals surface area contributed by atoms with Gasteiger partial charge in [-0.3, -0.25) is 4.79 Å². The van der Waals surface area contributed by atoms with Crippen LogP contribution in [0.4, 0.5) is 0 Å². The van der Waals surface area contributed by atoms with Crippen LogP contribution in [0.3, 0.4) is 0 Å². The van der Waals surface area contributed by atoms with Crippen molar-refractivity contribution in [3.8, 4) is 17.1 Å². The zero-order chi connectivity index (χ0) is 14.7. The molecule has 0 saturated heterocycles. The Balaban J connectivity index is 2.55. The summed E-state index contributed by atoms with van der Waals surface area (Å²) < 4.78 is 10.0. The molecule has 0 aliphatic carbocycles. The van der Waals surface area contributed by atoms with Crippen LogP contribution in [0, 0.1) is 0 Å². The standard InChI is InChI=1S/C14H11ClO5/c1-2-19-14(18)11-7-10(16)12(17)13(20-11)8-3-5-9(15)6-4-8/h3-7,17H,2H2,1H3. The van der Waals surface area contributed by atoms with E-state index in [1.807, 2.05) is 0 Å². The molecule has 20 heavy (non-hydrogen) atoms. The number of ether oxygens (including phenoxy) is 1. The largest absolute Gasteiger partial charge is 0.502 e. The SMILES string of the molecule is CCOC(=O)c1cc(=O)c(O)c(-c2ccc(Cl)cc2)o1. The highest BCUT2D eigenvalue weighted by molar-refractivity contribution is 6.30. The average Bonchev–Trinajstić information content (AvgIpc) is 2.43. The lowest BCUT2D eigenvalue weighted by Crippen LogP contribution is -2.10. The Hall–Kier alpha value is -2.27. The van der Waals surface area contributed by atoms with Crippen molar-refractivity contribution in [2.45, 2.75) is 6.92 Å². The van der Waals surface area contributed by atoms with Crippen LogP contribution in [0.1, 0.15) is 17.5 Å². The summed E-state index contributed by atoms with van der Waals surface area (Å²) in [6.07, 6.45) is 0. The lowest BCUT2D eigenvalue weighted by molar-refractivity contribution is 0.0488. The molecule has 0 spiro atoms. The second-order valence-electron chi connectivity index (χ2n) is 3.88. The van der Waals surface area contributed by atoms with Gasteiger partial charge >= 0.3 is 5.97 Å². The maximum atomic E-state index is 11.7. The van der Waals surface area contributed by atoms with Gasteiger partial charge in [0.2, 0.25) is 16.9 Å². The van der Waals surface area contributed by atoms with Gasteiger partial charge in [0, 0.05) is 16.7 Å². The third kappa shape index (κ3) is 2.83. The van der Waals surface area contributed by atoms with E-state index in [2.05, 4.69) is 0 Å². The molecule has 0 saturated carbocycles.